The third-order valence-electron chi connectivity index (χ3n) is 4.64. The van der Waals surface area contributed by atoms with Gasteiger partial charge in [0.05, 0.1) is 19.1 Å². The van der Waals surface area contributed by atoms with E-state index in [1.165, 1.54) is 36.8 Å². The van der Waals surface area contributed by atoms with E-state index >= 15 is 0 Å². The van der Waals surface area contributed by atoms with E-state index in [4.69, 9.17) is 9.26 Å². The lowest BCUT2D eigenvalue weighted by molar-refractivity contribution is 0.298. The molecule has 130 valence electrons. The van der Waals surface area contributed by atoms with Gasteiger partial charge >= 0.3 is 0 Å². The number of fused-ring (bicyclic) bond motifs is 1. The molecule has 4 rings (SSSR count). The minimum Gasteiger partial charge on any atom is -0.494 e. The fraction of sp³-hybridized carbons (Fsp3) is 0.421. The molecule has 0 unspecified atom stereocenters. The van der Waals surface area contributed by atoms with E-state index in [1.807, 2.05) is 11.6 Å². The van der Waals surface area contributed by atoms with Crippen molar-refractivity contribution in [3.8, 4) is 17.3 Å². The number of rotatable bonds is 6. The number of aryl methyl sites for hydroxylation is 4. The number of hydrogen-bond donors (Lipinski definition) is 0. The summed E-state index contributed by atoms with van der Waals surface area (Å²) in [5, 5.41) is 4.02. The fourth-order valence-electron chi connectivity index (χ4n) is 3.25. The van der Waals surface area contributed by atoms with E-state index in [1.54, 1.807) is 12.5 Å². The van der Waals surface area contributed by atoms with Gasteiger partial charge in [0.2, 0.25) is 11.7 Å². The van der Waals surface area contributed by atoms with Crippen LogP contribution in [0.5, 0.6) is 5.75 Å². The molecule has 0 bridgehead atoms. The largest absolute Gasteiger partial charge is 0.494 e. The van der Waals surface area contributed by atoms with Gasteiger partial charge < -0.3 is 13.8 Å². The lowest BCUT2D eigenvalue weighted by Gasteiger charge is -2.16. The highest BCUT2D eigenvalue weighted by Gasteiger charge is 2.12. The molecule has 0 saturated carbocycles. The van der Waals surface area contributed by atoms with Gasteiger partial charge in [0, 0.05) is 13.5 Å². The summed E-state index contributed by atoms with van der Waals surface area (Å²) < 4.78 is 13.1. The van der Waals surface area contributed by atoms with Crippen LogP contribution in [0.15, 0.2) is 35.2 Å². The van der Waals surface area contributed by atoms with Crippen LogP contribution in [-0.2, 0) is 26.3 Å². The van der Waals surface area contributed by atoms with Crippen molar-refractivity contribution in [2.24, 2.45) is 7.05 Å². The van der Waals surface area contributed by atoms with Crippen molar-refractivity contribution in [2.75, 3.05) is 6.61 Å². The maximum atomic E-state index is 5.89. The van der Waals surface area contributed by atoms with Gasteiger partial charge in [0.25, 0.3) is 0 Å². The van der Waals surface area contributed by atoms with Crippen LogP contribution in [0.4, 0.5) is 0 Å². The molecule has 1 aliphatic rings. The van der Waals surface area contributed by atoms with Crippen molar-refractivity contribution in [3.63, 3.8) is 0 Å². The lowest BCUT2D eigenvalue weighted by Crippen LogP contribution is -2.04. The molecule has 0 saturated heterocycles. The third kappa shape index (κ3) is 3.57. The summed E-state index contributed by atoms with van der Waals surface area (Å²) in [6, 6.07) is 6.49. The van der Waals surface area contributed by atoms with Gasteiger partial charge in [-0.15, -0.1) is 0 Å². The minimum atomic E-state index is 0.575. The van der Waals surface area contributed by atoms with E-state index in [9.17, 15) is 0 Å². The van der Waals surface area contributed by atoms with Crippen molar-refractivity contribution in [3.05, 3.63) is 47.7 Å². The number of aromatic nitrogens is 4. The van der Waals surface area contributed by atoms with Crippen LogP contribution in [0.25, 0.3) is 11.5 Å². The fourth-order valence-corrected chi connectivity index (χ4v) is 3.25. The Morgan fingerprint density at radius 3 is 2.92 bits per heavy atom. The molecule has 3 aromatic rings. The van der Waals surface area contributed by atoms with Gasteiger partial charge in [-0.1, -0.05) is 11.2 Å². The smallest absolute Gasteiger partial charge is 0.227 e. The van der Waals surface area contributed by atoms with Crippen molar-refractivity contribution < 1.29 is 9.26 Å². The predicted molar refractivity (Wildman–Crippen MR) is 93.4 cm³/mol. The van der Waals surface area contributed by atoms with Crippen LogP contribution in [-0.4, -0.2) is 26.3 Å². The predicted octanol–water partition coefficient (Wildman–Crippen LogP) is 3.36. The van der Waals surface area contributed by atoms with Crippen LogP contribution in [0.1, 0.15) is 36.3 Å². The lowest BCUT2D eigenvalue weighted by atomic mass is 9.92. The molecule has 25 heavy (non-hydrogen) atoms. The Kier molecular flexibility index (Phi) is 4.50. The van der Waals surface area contributed by atoms with Gasteiger partial charge in [0.15, 0.2) is 0 Å². The maximum Gasteiger partial charge on any atom is 0.227 e. The Bertz CT molecular complexity index is 853. The molecule has 0 aliphatic heterocycles. The second kappa shape index (κ2) is 7.09. The summed E-state index contributed by atoms with van der Waals surface area (Å²) >= 11 is 0. The molecule has 0 N–H and O–H groups in total. The van der Waals surface area contributed by atoms with Crippen LogP contribution in [0, 0.1) is 0 Å². The monoisotopic (exact) mass is 338 g/mol. The molecular weight excluding hydrogens is 316 g/mol. The van der Waals surface area contributed by atoms with Crippen molar-refractivity contribution in [2.45, 2.75) is 38.5 Å². The minimum absolute atomic E-state index is 0.575. The van der Waals surface area contributed by atoms with Crippen molar-refractivity contribution in [1.29, 1.82) is 0 Å². The molecule has 1 aliphatic carbocycles. The normalized spacial score (nSPS) is 13.6. The van der Waals surface area contributed by atoms with Crippen LogP contribution < -0.4 is 4.74 Å². The molecule has 0 amide bonds. The average molecular weight is 338 g/mol. The summed E-state index contributed by atoms with van der Waals surface area (Å²) in [6.07, 6.45) is 9.95. The quantitative estimate of drug-likeness (QED) is 0.645. The van der Waals surface area contributed by atoms with Crippen molar-refractivity contribution in [1.82, 2.24) is 19.7 Å². The van der Waals surface area contributed by atoms with E-state index in [0.29, 0.717) is 24.7 Å². The molecule has 0 fully saturated rings. The Hall–Kier alpha value is -2.63. The molecule has 6 heteroatoms. The molecule has 1 aromatic carbocycles. The standard InChI is InChI=1S/C19H22N4O2/c1-23-13-20-12-17(23)19-21-18(25-22-19)7-4-10-24-16-9-8-14-5-2-3-6-15(14)11-16/h8-9,11-13H,2-7,10H2,1H3. The summed E-state index contributed by atoms with van der Waals surface area (Å²) in [5.41, 5.74) is 3.77. The number of nitrogens with zero attached hydrogens (tertiary/aromatic N) is 4. The summed E-state index contributed by atoms with van der Waals surface area (Å²) in [4.78, 5) is 8.49. The Labute approximate surface area is 146 Å². The SMILES string of the molecule is Cn1cncc1-c1noc(CCCOc2ccc3c(c2)CCCC3)n1. The molecule has 6 nitrogen and oxygen atoms in total. The zero-order valence-electron chi connectivity index (χ0n) is 14.4. The van der Waals surface area contributed by atoms with Gasteiger partial charge in [0.1, 0.15) is 11.4 Å². The van der Waals surface area contributed by atoms with E-state index < -0.39 is 0 Å². The number of hydrogen-bond acceptors (Lipinski definition) is 5. The highest BCUT2D eigenvalue weighted by molar-refractivity contribution is 5.47. The molecular formula is C19H22N4O2. The Balaban J connectivity index is 1.29. The Morgan fingerprint density at radius 2 is 2.08 bits per heavy atom. The zero-order chi connectivity index (χ0) is 17.1. The van der Waals surface area contributed by atoms with Crippen LogP contribution in [0.3, 0.4) is 0 Å². The number of benzene rings is 1. The summed E-state index contributed by atoms with van der Waals surface area (Å²) in [7, 11) is 1.91. The first-order valence-corrected chi connectivity index (χ1v) is 8.83. The topological polar surface area (TPSA) is 66.0 Å². The first-order valence-electron chi connectivity index (χ1n) is 8.83. The zero-order valence-corrected chi connectivity index (χ0v) is 14.4. The Morgan fingerprint density at radius 1 is 1.20 bits per heavy atom. The first kappa shape index (κ1) is 15.9. The summed E-state index contributed by atoms with van der Waals surface area (Å²) in [6.45, 7) is 0.641. The third-order valence-corrected chi connectivity index (χ3v) is 4.64. The van der Waals surface area contributed by atoms with Crippen LogP contribution >= 0.6 is 0 Å². The van der Waals surface area contributed by atoms with Gasteiger partial charge in [-0.25, -0.2) is 4.98 Å². The van der Waals surface area contributed by atoms with E-state index in [-0.39, 0.29) is 0 Å². The van der Waals surface area contributed by atoms with E-state index in [0.717, 1.165) is 17.9 Å². The highest BCUT2D eigenvalue weighted by Crippen LogP contribution is 2.25. The van der Waals surface area contributed by atoms with Crippen LogP contribution in [0.2, 0.25) is 0 Å². The van der Waals surface area contributed by atoms with Gasteiger partial charge in [-0.05, 0) is 55.4 Å². The molecule has 0 radical (unpaired) electrons. The number of ether oxygens (including phenoxy) is 1. The highest BCUT2D eigenvalue weighted by atomic mass is 16.5. The maximum absolute atomic E-state index is 5.89. The molecule has 0 spiro atoms. The van der Waals surface area contributed by atoms with Crippen molar-refractivity contribution >= 4 is 0 Å². The van der Waals surface area contributed by atoms with Gasteiger partial charge in [-0.2, -0.15) is 4.98 Å². The molecule has 0 atom stereocenters. The second-order valence-electron chi connectivity index (χ2n) is 6.49. The molecule has 2 heterocycles. The second-order valence-corrected chi connectivity index (χ2v) is 6.49. The molecule has 2 aromatic heterocycles. The van der Waals surface area contributed by atoms with Gasteiger partial charge in [-0.3, -0.25) is 0 Å². The number of imidazole rings is 1. The average Bonchev–Trinajstić information content (AvgIpc) is 3.27. The summed E-state index contributed by atoms with van der Waals surface area (Å²) in [5.74, 6) is 2.16. The first-order chi connectivity index (χ1) is 12.3. The van der Waals surface area contributed by atoms with E-state index in [2.05, 4.69) is 33.3 Å².